The number of hydrogen-bond acceptors (Lipinski definition) is 6. The smallest absolute Gasteiger partial charge is 0.324 e. The molecule has 226 valence electrons. The van der Waals surface area contributed by atoms with E-state index in [0.29, 0.717) is 23.0 Å². The van der Waals surface area contributed by atoms with Crippen molar-refractivity contribution in [3.8, 4) is 0 Å². The van der Waals surface area contributed by atoms with Crippen molar-refractivity contribution in [2.24, 2.45) is 0 Å². The Bertz CT molecular complexity index is 856. The molecule has 3 rings (SSSR count). The lowest BCUT2D eigenvalue weighted by molar-refractivity contribution is -0.128. The number of anilines is 1. The molecule has 9 heteroatoms. The van der Waals surface area contributed by atoms with Gasteiger partial charge in [-0.2, -0.15) is 0 Å². The summed E-state index contributed by atoms with van der Waals surface area (Å²) in [6.07, 6.45) is 24.8. The Labute approximate surface area is 251 Å². The lowest BCUT2D eigenvalue weighted by Gasteiger charge is -2.41. The molecule has 1 aromatic rings. The summed E-state index contributed by atoms with van der Waals surface area (Å²) in [6, 6.07) is 0.741. The molecule has 3 amide bonds. The van der Waals surface area contributed by atoms with Gasteiger partial charge in [-0.3, -0.25) is 10.1 Å². The van der Waals surface area contributed by atoms with Crippen LogP contribution in [0.4, 0.5) is 9.93 Å². The summed E-state index contributed by atoms with van der Waals surface area (Å²) in [6.45, 7) is 7.95. The van der Waals surface area contributed by atoms with Crippen LogP contribution in [0.1, 0.15) is 104 Å². The average molecular weight is 592 g/mol. The number of hydrogen-bond donors (Lipinski definition) is 2. The fraction of sp³-hybridized carbons (Fsp3) is 0.710. The second kappa shape index (κ2) is 20.8. The van der Waals surface area contributed by atoms with Crippen LogP contribution in [0.2, 0.25) is 0 Å². The van der Waals surface area contributed by atoms with Crippen molar-refractivity contribution in [1.29, 1.82) is 0 Å². The van der Waals surface area contributed by atoms with Gasteiger partial charge in [0.15, 0.2) is 5.13 Å². The molecule has 2 aliphatic rings. The van der Waals surface area contributed by atoms with Gasteiger partial charge in [0.2, 0.25) is 5.91 Å². The Balaban J connectivity index is 0.000000611. The van der Waals surface area contributed by atoms with E-state index in [4.69, 9.17) is 0 Å². The minimum atomic E-state index is 0.0165. The van der Waals surface area contributed by atoms with Crippen LogP contribution in [0.5, 0.6) is 0 Å². The number of allylic oxidation sites excluding steroid dienone is 3. The highest BCUT2D eigenvalue weighted by molar-refractivity contribution is 8.01. The van der Waals surface area contributed by atoms with E-state index in [1.54, 1.807) is 6.20 Å². The molecule has 40 heavy (non-hydrogen) atoms. The monoisotopic (exact) mass is 591 g/mol. The summed E-state index contributed by atoms with van der Waals surface area (Å²) in [4.78, 5) is 34.4. The van der Waals surface area contributed by atoms with Gasteiger partial charge >= 0.3 is 6.03 Å². The van der Waals surface area contributed by atoms with Crippen molar-refractivity contribution in [3.05, 3.63) is 30.6 Å². The normalized spacial score (nSPS) is 16.5. The highest BCUT2D eigenvalue weighted by Crippen LogP contribution is 2.32. The quantitative estimate of drug-likeness (QED) is 0.179. The molecule has 2 saturated carbocycles. The van der Waals surface area contributed by atoms with Crippen molar-refractivity contribution < 1.29 is 9.59 Å². The van der Waals surface area contributed by atoms with Crippen LogP contribution in [-0.2, 0) is 4.79 Å². The number of aromatic nitrogens is 1. The van der Waals surface area contributed by atoms with Crippen molar-refractivity contribution in [3.63, 3.8) is 0 Å². The van der Waals surface area contributed by atoms with Crippen molar-refractivity contribution in [2.45, 2.75) is 121 Å². The van der Waals surface area contributed by atoms with Crippen LogP contribution >= 0.6 is 23.1 Å². The van der Waals surface area contributed by atoms with Gasteiger partial charge in [0.1, 0.15) is 0 Å². The number of thioether (sulfide) groups is 1. The third-order valence-electron chi connectivity index (χ3n) is 7.29. The van der Waals surface area contributed by atoms with E-state index >= 15 is 0 Å². The molecule has 0 aromatic carbocycles. The van der Waals surface area contributed by atoms with E-state index in [9.17, 15) is 9.59 Å². The molecule has 0 aliphatic heterocycles. The van der Waals surface area contributed by atoms with E-state index in [0.717, 1.165) is 62.2 Å². The van der Waals surface area contributed by atoms with Crippen molar-refractivity contribution in [1.82, 2.24) is 20.1 Å². The minimum absolute atomic E-state index is 0.0165. The Kier molecular flexibility index (Phi) is 17.8. The second-order valence-electron chi connectivity index (χ2n) is 10.6. The van der Waals surface area contributed by atoms with E-state index in [-0.39, 0.29) is 11.9 Å². The number of rotatable bonds is 13. The van der Waals surface area contributed by atoms with Gasteiger partial charge in [-0.25, -0.2) is 9.78 Å². The van der Waals surface area contributed by atoms with Crippen LogP contribution in [0.3, 0.4) is 0 Å². The Morgan fingerprint density at radius 1 is 0.975 bits per heavy atom. The average Bonchev–Trinajstić information content (AvgIpc) is 3.42. The maximum Gasteiger partial charge on any atom is 0.324 e. The highest BCUT2D eigenvalue weighted by Gasteiger charge is 2.32. The van der Waals surface area contributed by atoms with Gasteiger partial charge in [0.25, 0.3) is 0 Å². The van der Waals surface area contributed by atoms with Gasteiger partial charge in [0, 0.05) is 32.2 Å². The van der Waals surface area contributed by atoms with Crippen LogP contribution < -0.4 is 10.6 Å². The first-order valence-electron chi connectivity index (χ1n) is 15.5. The van der Waals surface area contributed by atoms with Gasteiger partial charge in [-0.15, -0.1) is 11.8 Å². The maximum absolute atomic E-state index is 13.3. The first kappa shape index (κ1) is 34.2. The number of nitrogens with one attached hydrogen (secondary N) is 2. The van der Waals surface area contributed by atoms with E-state index in [2.05, 4.69) is 47.4 Å². The Morgan fingerprint density at radius 3 is 2.10 bits per heavy atom. The van der Waals surface area contributed by atoms with E-state index in [1.165, 1.54) is 61.6 Å². The molecule has 2 aliphatic carbocycles. The zero-order chi connectivity index (χ0) is 29.0. The topological polar surface area (TPSA) is 77.6 Å². The zero-order valence-corrected chi connectivity index (χ0v) is 27.0. The fourth-order valence-corrected chi connectivity index (χ4v) is 7.14. The maximum atomic E-state index is 13.3. The molecule has 2 fully saturated rings. The minimum Gasteiger partial charge on any atom is -0.394 e. The molecule has 0 saturated heterocycles. The summed E-state index contributed by atoms with van der Waals surface area (Å²) in [5.41, 5.74) is 0. The second-order valence-corrected chi connectivity index (χ2v) is 12.9. The highest BCUT2D eigenvalue weighted by atomic mass is 32.2. The van der Waals surface area contributed by atoms with Crippen molar-refractivity contribution >= 4 is 40.2 Å². The van der Waals surface area contributed by atoms with Crippen LogP contribution in [0, 0.1) is 0 Å². The summed E-state index contributed by atoms with van der Waals surface area (Å²) >= 11 is 3.00. The third kappa shape index (κ3) is 12.7. The summed E-state index contributed by atoms with van der Waals surface area (Å²) < 4.78 is 0.975. The summed E-state index contributed by atoms with van der Waals surface area (Å²) in [7, 11) is 1.89. The molecule has 1 heterocycles. The molecule has 2 N–H and O–H groups in total. The molecule has 7 nitrogen and oxygen atoms in total. The largest absolute Gasteiger partial charge is 0.394 e. The lowest BCUT2D eigenvalue weighted by atomic mass is 9.89. The number of amides is 3. The van der Waals surface area contributed by atoms with Gasteiger partial charge in [-0.05, 0) is 57.2 Å². The van der Waals surface area contributed by atoms with Crippen LogP contribution in [0.25, 0.3) is 0 Å². The van der Waals surface area contributed by atoms with Crippen LogP contribution in [0.15, 0.2) is 34.8 Å². The first-order chi connectivity index (χ1) is 19.5. The molecular weight excluding hydrogens is 539 g/mol. The molecule has 0 atom stereocenters. The number of urea groups is 1. The molecule has 0 radical (unpaired) electrons. The van der Waals surface area contributed by atoms with Gasteiger partial charge in [-0.1, -0.05) is 82.8 Å². The third-order valence-corrected chi connectivity index (χ3v) is 9.38. The SMILES string of the molecule is CC/C=C\C=C/NC.CCCN(CCC)C(=O)CSc1cnc(NC(=O)N(C2CCCCC2)C2CCCCC2)s1. The Hall–Kier alpha value is -2.00. The Morgan fingerprint density at radius 2 is 1.57 bits per heavy atom. The molecule has 0 unspecified atom stereocenters. The molecule has 1 aromatic heterocycles. The number of carbonyl (C=O) groups is 2. The fourth-order valence-electron chi connectivity index (χ4n) is 5.38. The molecule has 0 spiro atoms. The predicted octanol–water partition coefficient (Wildman–Crippen LogP) is 8.07. The number of nitrogens with zero attached hydrogens (tertiary/aromatic N) is 3. The predicted molar refractivity (Wildman–Crippen MR) is 172 cm³/mol. The zero-order valence-electron chi connectivity index (χ0n) is 25.3. The number of carbonyl (C=O) groups excluding carboxylic acids is 2. The first-order valence-corrected chi connectivity index (χ1v) is 17.3. The number of thiazole rings is 1. The summed E-state index contributed by atoms with van der Waals surface area (Å²) in [5.74, 6) is 0.602. The summed E-state index contributed by atoms with van der Waals surface area (Å²) in [5, 5.41) is 6.63. The van der Waals surface area contributed by atoms with Gasteiger partial charge < -0.3 is 15.1 Å². The van der Waals surface area contributed by atoms with Crippen LogP contribution in [-0.4, -0.2) is 64.7 Å². The standard InChI is InChI=1S/C24H40N4O2S2.C7H13N/c1-3-15-27(16-4-2)21(29)18-31-22-17-25-23(32-22)26-24(30)28(19-11-7-5-8-12-19)20-13-9-6-10-14-20;1-3-4-5-6-7-8-2/h17,19-20H,3-16,18H2,1-2H3,(H,25,26,30);4-8H,3H2,1-2H3/b;5-4-,7-6-. The van der Waals surface area contributed by atoms with Gasteiger partial charge in [0.05, 0.1) is 16.2 Å². The molecule has 0 bridgehead atoms. The van der Waals surface area contributed by atoms with E-state index < -0.39 is 0 Å². The lowest BCUT2D eigenvalue weighted by Crippen LogP contribution is -2.50. The van der Waals surface area contributed by atoms with E-state index in [1.807, 2.05) is 30.3 Å². The molecular formula is C31H53N5O2S2. The van der Waals surface area contributed by atoms with Crippen molar-refractivity contribution in [2.75, 3.05) is 31.2 Å².